The van der Waals surface area contributed by atoms with E-state index in [1.54, 1.807) is 24.3 Å². The Balaban J connectivity index is 2.28. The fourth-order valence-corrected chi connectivity index (χ4v) is 4.01. The zero-order valence-electron chi connectivity index (χ0n) is 10.1. The third-order valence-electron chi connectivity index (χ3n) is 2.47. The molecule has 1 aromatic carbocycles. The zero-order valence-corrected chi connectivity index (χ0v) is 13.3. The quantitative estimate of drug-likeness (QED) is 0.878. The first kappa shape index (κ1) is 14.5. The van der Waals surface area contributed by atoms with Crippen LogP contribution in [0.3, 0.4) is 0 Å². The predicted octanol–water partition coefficient (Wildman–Crippen LogP) is 3.11. The molecule has 4 nitrogen and oxygen atoms in total. The highest BCUT2D eigenvalue weighted by atomic mass is 79.9. The van der Waals surface area contributed by atoms with Crippen molar-refractivity contribution in [1.82, 2.24) is 0 Å². The van der Waals surface area contributed by atoms with Gasteiger partial charge in [0.25, 0.3) is 10.0 Å². The highest BCUT2D eigenvalue weighted by Crippen LogP contribution is 2.26. The highest BCUT2D eigenvalue weighted by molar-refractivity contribution is 9.10. The van der Waals surface area contributed by atoms with Crippen LogP contribution in [0.2, 0.25) is 0 Å². The fourth-order valence-electron chi connectivity index (χ4n) is 1.50. The molecule has 2 N–H and O–H groups in total. The number of aliphatic hydroxyl groups excluding tert-OH is 1. The Hall–Kier alpha value is -0.890. The number of halogens is 1. The van der Waals surface area contributed by atoms with Crippen LogP contribution >= 0.6 is 27.3 Å². The van der Waals surface area contributed by atoms with Gasteiger partial charge in [0.05, 0.1) is 6.61 Å². The number of aliphatic hydroxyl groups is 1. The van der Waals surface area contributed by atoms with Crippen molar-refractivity contribution in [2.75, 3.05) is 4.72 Å². The number of aryl methyl sites for hydroxylation is 1. The van der Waals surface area contributed by atoms with Crippen LogP contribution in [0.1, 0.15) is 10.4 Å². The smallest absolute Gasteiger partial charge is 0.271 e. The summed E-state index contributed by atoms with van der Waals surface area (Å²) in [5.41, 5.74) is 1.46. The molecule has 0 atom stereocenters. The fraction of sp³-hybridized carbons (Fsp3) is 0.167. The van der Waals surface area contributed by atoms with E-state index in [0.29, 0.717) is 10.6 Å². The Kier molecular flexibility index (Phi) is 4.29. The molecule has 0 unspecified atom stereocenters. The topological polar surface area (TPSA) is 66.4 Å². The van der Waals surface area contributed by atoms with Crippen LogP contribution in [0.15, 0.2) is 39.0 Å². The Morgan fingerprint density at radius 2 is 2.05 bits per heavy atom. The molecule has 0 saturated heterocycles. The van der Waals surface area contributed by atoms with Crippen molar-refractivity contribution in [3.05, 3.63) is 45.2 Å². The van der Waals surface area contributed by atoms with Gasteiger partial charge in [-0.2, -0.15) is 0 Å². The number of thiophene rings is 1. The minimum Gasteiger partial charge on any atom is -0.391 e. The number of rotatable bonds is 4. The minimum atomic E-state index is -3.59. The van der Waals surface area contributed by atoms with Crippen LogP contribution in [-0.2, 0) is 16.6 Å². The standard InChI is InChI=1S/C12H12BrNO3S2/c1-8-6-9(2-4-11(8)13)14-19(16,17)12-5-3-10(7-15)18-12/h2-6,14-15H,7H2,1H3. The average molecular weight is 362 g/mol. The molecule has 2 rings (SSSR count). The van der Waals surface area contributed by atoms with Gasteiger partial charge in [0.15, 0.2) is 0 Å². The van der Waals surface area contributed by atoms with Crippen molar-refractivity contribution in [3.63, 3.8) is 0 Å². The van der Waals surface area contributed by atoms with Crippen molar-refractivity contribution in [2.45, 2.75) is 17.7 Å². The van der Waals surface area contributed by atoms with Gasteiger partial charge in [-0.15, -0.1) is 11.3 Å². The number of nitrogens with one attached hydrogen (secondary N) is 1. The molecule has 0 spiro atoms. The third-order valence-corrected chi connectivity index (χ3v) is 6.30. The molecule has 7 heteroatoms. The van der Waals surface area contributed by atoms with E-state index in [2.05, 4.69) is 20.7 Å². The number of hydrogen-bond donors (Lipinski definition) is 2. The molecule has 1 heterocycles. The monoisotopic (exact) mass is 361 g/mol. The molecule has 2 aromatic rings. The Morgan fingerprint density at radius 1 is 1.32 bits per heavy atom. The lowest BCUT2D eigenvalue weighted by molar-refractivity contribution is 0.285. The van der Waals surface area contributed by atoms with Crippen molar-refractivity contribution < 1.29 is 13.5 Å². The summed E-state index contributed by atoms with van der Waals surface area (Å²) in [5.74, 6) is 0. The molecule has 102 valence electrons. The summed E-state index contributed by atoms with van der Waals surface area (Å²) in [7, 11) is -3.59. The van der Waals surface area contributed by atoms with Gasteiger partial charge in [0.2, 0.25) is 0 Å². The summed E-state index contributed by atoms with van der Waals surface area (Å²) in [4.78, 5) is 0.618. The molecule has 0 saturated carbocycles. The van der Waals surface area contributed by atoms with E-state index in [1.165, 1.54) is 6.07 Å². The van der Waals surface area contributed by atoms with Crippen LogP contribution in [0, 0.1) is 6.92 Å². The Labute approximate surface area is 124 Å². The molecule has 1 aromatic heterocycles. The second-order valence-corrected chi connectivity index (χ2v) is 7.88. The van der Waals surface area contributed by atoms with E-state index >= 15 is 0 Å². The summed E-state index contributed by atoms with van der Waals surface area (Å²) < 4.78 is 27.9. The number of sulfonamides is 1. The van der Waals surface area contributed by atoms with Gasteiger partial charge in [0.1, 0.15) is 4.21 Å². The molecule has 0 aliphatic heterocycles. The van der Waals surface area contributed by atoms with Gasteiger partial charge in [-0.05, 0) is 42.8 Å². The van der Waals surface area contributed by atoms with Crippen molar-refractivity contribution in [2.24, 2.45) is 0 Å². The average Bonchev–Trinajstić information content (AvgIpc) is 2.83. The number of benzene rings is 1. The number of anilines is 1. The lowest BCUT2D eigenvalue weighted by Gasteiger charge is -2.07. The molecular formula is C12H12BrNO3S2. The van der Waals surface area contributed by atoms with E-state index in [-0.39, 0.29) is 10.8 Å². The first-order valence-corrected chi connectivity index (χ1v) is 8.50. The van der Waals surface area contributed by atoms with E-state index in [4.69, 9.17) is 5.11 Å². The maximum absolute atomic E-state index is 12.1. The molecule has 0 amide bonds. The van der Waals surface area contributed by atoms with Crippen LogP contribution in [0.5, 0.6) is 0 Å². The minimum absolute atomic E-state index is 0.155. The second-order valence-electron chi connectivity index (χ2n) is 3.95. The van der Waals surface area contributed by atoms with E-state index < -0.39 is 10.0 Å². The summed E-state index contributed by atoms with van der Waals surface area (Å²) in [6.07, 6.45) is 0. The van der Waals surface area contributed by atoms with Crippen LogP contribution in [0.4, 0.5) is 5.69 Å². The zero-order chi connectivity index (χ0) is 14.0. The normalized spacial score (nSPS) is 11.5. The summed E-state index contributed by atoms with van der Waals surface area (Å²) in [6, 6.07) is 8.33. The molecular weight excluding hydrogens is 350 g/mol. The van der Waals surface area contributed by atoms with Gasteiger partial charge in [-0.3, -0.25) is 4.72 Å². The first-order valence-electron chi connectivity index (χ1n) is 5.41. The van der Waals surface area contributed by atoms with Gasteiger partial charge in [-0.1, -0.05) is 15.9 Å². The van der Waals surface area contributed by atoms with Crippen molar-refractivity contribution in [1.29, 1.82) is 0 Å². The van der Waals surface area contributed by atoms with E-state index in [9.17, 15) is 8.42 Å². The summed E-state index contributed by atoms with van der Waals surface area (Å²) in [5, 5.41) is 8.96. The lowest BCUT2D eigenvalue weighted by atomic mass is 10.2. The van der Waals surface area contributed by atoms with Gasteiger partial charge in [-0.25, -0.2) is 8.42 Å². The van der Waals surface area contributed by atoms with Crippen LogP contribution in [0.25, 0.3) is 0 Å². The molecule has 0 bridgehead atoms. The largest absolute Gasteiger partial charge is 0.391 e. The highest BCUT2D eigenvalue weighted by Gasteiger charge is 2.17. The van der Waals surface area contributed by atoms with Crippen molar-refractivity contribution >= 4 is 43.0 Å². The molecule has 0 aliphatic carbocycles. The third kappa shape index (κ3) is 3.36. The van der Waals surface area contributed by atoms with Gasteiger partial charge < -0.3 is 5.11 Å². The SMILES string of the molecule is Cc1cc(NS(=O)(=O)c2ccc(CO)s2)ccc1Br. The number of hydrogen-bond acceptors (Lipinski definition) is 4. The second kappa shape index (κ2) is 5.62. The molecule has 0 radical (unpaired) electrons. The maximum atomic E-state index is 12.1. The van der Waals surface area contributed by atoms with Crippen LogP contribution < -0.4 is 4.72 Å². The predicted molar refractivity (Wildman–Crippen MR) is 79.9 cm³/mol. The van der Waals surface area contributed by atoms with Crippen LogP contribution in [-0.4, -0.2) is 13.5 Å². The Bertz CT molecular complexity index is 695. The molecule has 0 aliphatic rings. The summed E-state index contributed by atoms with van der Waals surface area (Å²) >= 11 is 4.42. The lowest BCUT2D eigenvalue weighted by Crippen LogP contribution is -2.11. The van der Waals surface area contributed by atoms with E-state index in [0.717, 1.165) is 21.4 Å². The Morgan fingerprint density at radius 3 is 2.63 bits per heavy atom. The van der Waals surface area contributed by atoms with E-state index in [1.807, 2.05) is 6.92 Å². The van der Waals surface area contributed by atoms with Gasteiger partial charge >= 0.3 is 0 Å². The summed E-state index contributed by atoms with van der Waals surface area (Å²) in [6.45, 7) is 1.73. The molecule has 19 heavy (non-hydrogen) atoms. The van der Waals surface area contributed by atoms with Gasteiger partial charge in [0, 0.05) is 15.0 Å². The van der Waals surface area contributed by atoms with Crippen molar-refractivity contribution in [3.8, 4) is 0 Å². The first-order chi connectivity index (χ1) is 8.92. The maximum Gasteiger partial charge on any atom is 0.271 e. The molecule has 0 fully saturated rings.